The van der Waals surface area contributed by atoms with Crippen molar-refractivity contribution in [1.82, 2.24) is 0 Å². The Kier molecular flexibility index (Phi) is 7.73. The van der Waals surface area contributed by atoms with Crippen molar-refractivity contribution in [2.75, 3.05) is 19.8 Å². The summed E-state index contributed by atoms with van der Waals surface area (Å²) in [5.74, 6) is 0.732. The van der Waals surface area contributed by atoms with Crippen molar-refractivity contribution in [2.24, 2.45) is 0 Å². The van der Waals surface area contributed by atoms with Crippen molar-refractivity contribution in [3.63, 3.8) is 0 Å². The first-order valence-electron chi connectivity index (χ1n) is 8.98. The van der Waals surface area contributed by atoms with Gasteiger partial charge in [-0.2, -0.15) is 0 Å². The van der Waals surface area contributed by atoms with Crippen LogP contribution in [0.1, 0.15) is 33.6 Å². The molecule has 0 N–H and O–H groups in total. The molecule has 0 amide bonds. The van der Waals surface area contributed by atoms with Gasteiger partial charge in [0.15, 0.2) is 11.5 Å². The van der Waals surface area contributed by atoms with Crippen molar-refractivity contribution in [3.05, 3.63) is 30.3 Å². The number of hydrogen-bond acceptors (Lipinski definition) is 7. The number of benzene rings is 2. The Morgan fingerprint density at radius 3 is 2.00 bits per heavy atom. The highest BCUT2D eigenvalue weighted by Crippen LogP contribution is 2.42. The number of carbonyl (C=O) groups excluding carboxylic acids is 2. The molecule has 0 aliphatic rings. The molecule has 0 aliphatic carbocycles. The second-order valence-electron chi connectivity index (χ2n) is 5.58. The van der Waals surface area contributed by atoms with E-state index >= 15 is 0 Å². The van der Waals surface area contributed by atoms with Crippen LogP contribution in [-0.2, 0) is 9.47 Å². The Morgan fingerprint density at radius 2 is 1.41 bits per heavy atom. The highest BCUT2D eigenvalue weighted by atomic mass is 16.7. The minimum atomic E-state index is -0.820. The predicted molar refractivity (Wildman–Crippen MR) is 99.7 cm³/mol. The highest BCUT2D eigenvalue weighted by Gasteiger charge is 2.20. The zero-order chi connectivity index (χ0) is 19.6. The fourth-order valence-electron chi connectivity index (χ4n) is 2.35. The lowest BCUT2D eigenvalue weighted by atomic mass is 10.1. The smallest absolute Gasteiger partial charge is 0.490 e. The van der Waals surface area contributed by atoms with E-state index in [1.807, 2.05) is 13.8 Å². The number of hydrogen-bond donors (Lipinski definition) is 0. The monoisotopic (exact) mass is 376 g/mol. The van der Waals surface area contributed by atoms with Gasteiger partial charge < -0.3 is 23.7 Å². The van der Waals surface area contributed by atoms with Crippen molar-refractivity contribution >= 4 is 23.1 Å². The molecule has 7 nitrogen and oxygen atoms in total. The number of ether oxygens (including phenoxy) is 5. The van der Waals surface area contributed by atoms with E-state index < -0.39 is 12.3 Å². The van der Waals surface area contributed by atoms with Gasteiger partial charge in [0.2, 0.25) is 0 Å². The maximum Gasteiger partial charge on any atom is 0.513 e. The summed E-state index contributed by atoms with van der Waals surface area (Å²) in [7, 11) is 0. The van der Waals surface area contributed by atoms with Gasteiger partial charge >= 0.3 is 12.3 Å². The molecule has 0 heterocycles. The van der Waals surface area contributed by atoms with Gasteiger partial charge in [-0.25, -0.2) is 9.59 Å². The highest BCUT2D eigenvalue weighted by molar-refractivity contribution is 5.97. The van der Waals surface area contributed by atoms with Crippen LogP contribution in [0.25, 0.3) is 10.8 Å². The summed E-state index contributed by atoms with van der Waals surface area (Å²) in [5.41, 5.74) is 0. The Labute approximate surface area is 158 Å². The Morgan fingerprint density at radius 1 is 0.815 bits per heavy atom. The molecule has 0 saturated heterocycles. The molecule has 0 atom stereocenters. The van der Waals surface area contributed by atoms with Crippen LogP contribution >= 0.6 is 0 Å². The number of fused-ring (bicyclic) bond motifs is 1. The molecule has 0 spiro atoms. The third-order valence-corrected chi connectivity index (χ3v) is 3.45. The van der Waals surface area contributed by atoms with Crippen molar-refractivity contribution < 1.29 is 33.3 Å². The van der Waals surface area contributed by atoms with Gasteiger partial charge in [0.05, 0.1) is 19.8 Å². The van der Waals surface area contributed by atoms with E-state index in [-0.39, 0.29) is 30.5 Å². The van der Waals surface area contributed by atoms with E-state index in [2.05, 4.69) is 0 Å². The molecule has 0 saturated carbocycles. The molecule has 7 heteroatoms. The molecule has 27 heavy (non-hydrogen) atoms. The van der Waals surface area contributed by atoms with Crippen LogP contribution in [-0.4, -0.2) is 32.1 Å². The summed E-state index contributed by atoms with van der Waals surface area (Å²) in [6.45, 7) is 6.42. The molecule has 0 radical (unpaired) electrons. The first-order chi connectivity index (χ1) is 13.1. The quantitative estimate of drug-likeness (QED) is 0.469. The van der Waals surface area contributed by atoms with Gasteiger partial charge in [0, 0.05) is 16.8 Å². The molecule has 0 aliphatic heterocycles. The first-order valence-corrected chi connectivity index (χ1v) is 8.98. The lowest BCUT2D eigenvalue weighted by Crippen LogP contribution is -2.14. The largest absolute Gasteiger partial charge is 0.513 e. The minimum Gasteiger partial charge on any atom is -0.490 e. The average Bonchev–Trinajstić information content (AvgIpc) is 2.67. The fourth-order valence-corrected chi connectivity index (χ4v) is 2.35. The lowest BCUT2D eigenvalue weighted by molar-refractivity contribution is 0.0965. The van der Waals surface area contributed by atoms with Crippen molar-refractivity contribution in [1.29, 1.82) is 0 Å². The van der Waals surface area contributed by atoms with E-state index in [9.17, 15) is 9.59 Å². The van der Waals surface area contributed by atoms with Crippen LogP contribution in [0.2, 0.25) is 0 Å². The zero-order valence-electron chi connectivity index (χ0n) is 15.8. The molecular weight excluding hydrogens is 352 g/mol. The summed E-state index contributed by atoms with van der Waals surface area (Å²) in [6, 6.07) is 8.55. The number of carbonyl (C=O) groups is 2. The Balaban J connectivity index is 2.43. The summed E-state index contributed by atoms with van der Waals surface area (Å²) in [6.07, 6.45) is -0.257. The van der Waals surface area contributed by atoms with Crippen LogP contribution in [0.4, 0.5) is 9.59 Å². The molecule has 0 unspecified atom stereocenters. The number of rotatable bonds is 8. The fraction of sp³-hybridized carbons (Fsp3) is 0.400. The SMILES string of the molecule is CCCOC(=O)Oc1cc(OCC)c(OC(=O)OCCC)c2ccccc12. The lowest BCUT2D eigenvalue weighted by Gasteiger charge is -2.16. The zero-order valence-corrected chi connectivity index (χ0v) is 15.8. The molecular formula is C20H24O7. The van der Waals surface area contributed by atoms with E-state index in [4.69, 9.17) is 23.7 Å². The second-order valence-corrected chi connectivity index (χ2v) is 5.58. The molecule has 0 bridgehead atoms. The molecule has 2 rings (SSSR count). The van der Waals surface area contributed by atoms with Crippen molar-refractivity contribution in [3.8, 4) is 17.2 Å². The van der Waals surface area contributed by atoms with E-state index in [1.54, 1.807) is 31.2 Å². The molecule has 0 fully saturated rings. The Hall–Kier alpha value is -2.96. The van der Waals surface area contributed by atoms with Crippen LogP contribution in [0.5, 0.6) is 17.2 Å². The second kappa shape index (κ2) is 10.3. The first kappa shape index (κ1) is 20.4. The van der Waals surface area contributed by atoms with E-state index in [0.29, 0.717) is 30.2 Å². The van der Waals surface area contributed by atoms with E-state index in [0.717, 1.165) is 0 Å². The minimum absolute atomic E-state index is 0.211. The van der Waals surface area contributed by atoms with Gasteiger partial charge in [-0.3, -0.25) is 0 Å². The third-order valence-electron chi connectivity index (χ3n) is 3.45. The van der Waals surface area contributed by atoms with Gasteiger partial charge in [0.25, 0.3) is 0 Å². The van der Waals surface area contributed by atoms with Gasteiger partial charge in [-0.15, -0.1) is 0 Å². The van der Waals surface area contributed by atoms with E-state index in [1.165, 1.54) is 6.07 Å². The van der Waals surface area contributed by atoms with Crippen molar-refractivity contribution in [2.45, 2.75) is 33.6 Å². The standard InChI is InChI=1S/C20H24O7/c1-4-11-24-19(21)26-16-13-17(23-6-3)18(27-20(22)25-12-5-2)15-10-8-7-9-14(15)16/h7-10,13H,4-6,11-12H2,1-3H3. The van der Waals surface area contributed by atoms with Gasteiger partial charge in [0.1, 0.15) is 5.75 Å². The molecule has 2 aromatic rings. The normalized spacial score (nSPS) is 10.3. The molecule has 0 aromatic heterocycles. The maximum absolute atomic E-state index is 11.9. The topological polar surface area (TPSA) is 80.3 Å². The molecule has 146 valence electrons. The van der Waals surface area contributed by atoms with Gasteiger partial charge in [-0.1, -0.05) is 38.1 Å². The average molecular weight is 376 g/mol. The maximum atomic E-state index is 11.9. The van der Waals surface area contributed by atoms with Gasteiger partial charge in [-0.05, 0) is 19.8 Å². The predicted octanol–water partition coefficient (Wildman–Crippen LogP) is 5.09. The molecule has 2 aromatic carbocycles. The summed E-state index contributed by atoms with van der Waals surface area (Å²) in [5, 5.41) is 1.13. The summed E-state index contributed by atoms with van der Waals surface area (Å²) in [4.78, 5) is 23.8. The summed E-state index contributed by atoms with van der Waals surface area (Å²) >= 11 is 0. The third kappa shape index (κ3) is 5.51. The Bertz CT molecular complexity index is 785. The van der Waals surface area contributed by atoms with Crippen LogP contribution < -0.4 is 14.2 Å². The van der Waals surface area contributed by atoms with Crippen LogP contribution in [0.15, 0.2) is 30.3 Å². The summed E-state index contributed by atoms with van der Waals surface area (Å²) < 4.78 is 26.3. The van der Waals surface area contributed by atoms with Crippen LogP contribution in [0, 0.1) is 0 Å². The van der Waals surface area contributed by atoms with Crippen LogP contribution in [0.3, 0.4) is 0 Å².